The van der Waals surface area contributed by atoms with Gasteiger partial charge in [-0.25, -0.2) is 12.8 Å². The minimum atomic E-state index is -3.44. The molecule has 0 aromatic heterocycles. The van der Waals surface area contributed by atoms with Crippen LogP contribution in [-0.2, 0) is 27.0 Å². The fourth-order valence-electron chi connectivity index (χ4n) is 5.65. The number of amides is 1. The quantitative estimate of drug-likeness (QED) is 0.492. The summed E-state index contributed by atoms with van der Waals surface area (Å²) in [5, 5.41) is 3.12. The van der Waals surface area contributed by atoms with Crippen LogP contribution in [0.3, 0.4) is 0 Å². The van der Waals surface area contributed by atoms with E-state index in [2.05, 4.69) is 17.1 Å². The number of piperidine rings is 1. The Morgan fingerprint density at radius 1 is 0.973 bits per heavy atom. The first kappa shape index (κ1) is 27.7. The number of halogens is 1. The van der Waals surface area contributed by atoms with Gasteiger partial charge in [-0.2, -0.15) is 4.31 Å². The second kappa shape index (κ2) is 13.0. The molecule has 2 aliphatic rings. The molecular weight excluding hydrogens is 489 g/mol. The third-order valence-corrected chi connectivity index (χ3v) is 9.63. The minimum Gasteiger partial charge on any atom is -0.353 e. The molecule has 0 unspecified atom stereocenters. The molecule has 2 aromatic rings. The van der Waals surface area contributed by atoms with Gasteiger partial charge in [0, 0.05) is 37.8 Å². The van der Waals surface area contributed by atoms with Crippen LogP contribution in [0, 0.1) is 5.82 Å². The normalized spacial score (nSPS) is 19.1. The highest BCUT2D eigenvalue weighted by molar-refractivity contribution is 7.88. The summed E-state index contributed by atoms with van der Waals surface area (Å²) >= 11 is 0. The summed E-state index contributed by atoms with van der Waals surface area (Å²) in [5.74, 6) is -0.312. The Hall–Kier alpha value is -2.29. The standard InChI is InChI=1S/C29H40FN3O3S/c1-23(32-18-16-27(17-19-32)31-29(34)20-24-12-14-26(30)15-13-24)21-33(28-10-6-3-7-11-28)37(35,36)22-25-8-4-2-5-9-25/h2,4-5,8-9,12-15,23,27-28H,3,6-7,10-11,16-22H2,1H3,(H,31,34)/t23-/m1/s1. The molecule has 1 aliphatic carbocycles. The predicted molar refractivity (Wildman–Crippen MR) is 145 cm³/mol. The van der Waals surface area contributed by atoms with E-state index in [-0.39, 0.29) is 42.0 Å². The van der Waals surface area contributed by atoms with E-state index in [1.807, 2.05) is 30.3 Å². The van der Waals surface area contributed by atoms with Gasteiger partial charge < -0.3 is 5.32 Å². The Morgan fingerprint density at radius 2 is 1.62 bits per heavy atom. The molecule has 1 N–H and O–H groups in total. The molecule has 2 aromatic carbocycles. The van der Waals surface area contributed by atoms with Crippen LogP contribution in [-0.4, -0.2) is 61.3 Å². The van der Waals surface area contributed by atoms with Crippen LogP contribution in [0.25, 0.3) is 0 Å². The summed E-state index contributed by atoms with van der Waals surface area (Å²) in [6.45, 7) is 4.27. The summed E-state index contributed by atoms with van der Waals surface area (Å²) in [6.07, 6.45) is 7.12. The lowest BCUT2D eigenvalue weighted by molar-refractivity contribution is -0.121. The second-order valence-corrected chi connectivity index (χ2v) is 12.6. The van der Waals surface area contributed by atoms with Crippen LogP contribution < -0.4 is 5.32 Å². The zero-order valence-corrected chi connectivity index (χ0v) is 22.6. The first-order valence-electron chi connectivity index (χ1n) is 13.6. The molecule has 6 nitrogen and oxygen atoms in total. The summed E-state index contributed by atoms with van der Waals surface area (Å²) in [4.78, 5) is 14.8. The highest BCUT2D eigenvalue weighted by Gasteiger charge is 2.34. The fraction of sp³-hybridized carbons (Fsp3) is 0.552. The van der Waals surface area contributed by atoms with Crippen molar-refractivity contribution >= 4 is 15.9 Å². The molecule has 1 aliphatic heterocycles. The van der Waals surface area contributed by atoms with Crippen LogP contribution in [0.2, 0.25) is 0 Å². The first-order valence-corrected chi connectivity index (χ1v) is 15.2. The number of hydrogen-bond donors (Lipinski definition) is 1. The first-order chi connectivity index (χ1) is 17.8. The van der Waals surface area contributed by atoms with E-state index in [0.29, 0.717) is 6.54 Å². The van der Waals surface area contributed by atoms with Gasteiger partial charge in [0.1, 0.15) is 5.82 Å². The van der Waals surface area contributed by atoms with Gasteiger partial charge in [-0.05, 0) is 55.9 Å². The number of nitrogens with one attached hydrogen (secondary N) is 1. The number of carbonyl (C=O) groups is 1. The van der Waals surface area contributed by atoms with E-state index >= 15 is 0 Å². The maximum absolute atomic E-state index is 13.6. The Labute approximate surface area is 221 Å². The predicted octanol–water partition coefficient (Wildman–Crippen LogP) is 4.50. The van der Waals surface area contributed by atoms with E-state index in [1.165, 1.54) is 18.6 Å². The van der Waals surface area contributed by atoms with Crippen molar-refractivity contribution in [1.29, 1.82) is 0 Å². The topological polar surface area (TPSA) is 69.7 Å². The third kappa shape index (κ3) is 8.09. The van der Waals surface area contributed by atoms with Gasteiger partial charge in [-0.3, -0.25) is 9.69 Å². The van der Waals surface area contributed by atoms with Crippen LogP contribution in [0.5, 0.6) is 0 Å². The minimum absolute atomic E-state index is 0.0409. The van der Waals surface area contributed by atoms with Crippen molar-refractivity contribution in [2.45, 2.75) is 82.2 Å². The number of hydrogen-bond acceptors (Lipinski definition) is 4. The second-order valence-electron chi connectivity index (χ2n) is 10.6. The molecule has 0 spiro atoms. The third-order valence-electron chi connectivity index (χ3n) is 7.77. The number of benzene rings is 2. The molecule has 37 heavy (non-hydrogen) atoms. The Balaban J connectivity index is 1.32. The van der Waals surface area contributed by atoms with Gasteiger partial charge in [0.2, 0.25) is 15.9 Å². The van der Waals surface area contributed by atoms with Gasteiger partial charge in [-0.1, -0.05) is 61.7 Å². The van der Waals surface area contributed by atoms with Crippen LogP contribution in [0.1, 0.15) is 63.0 Å². The zero-order chi connectivity index (χ0) is 26.3. The van der Waals surface area contributed by atoms with Gasteiger partial charge in [0.05, 0.1) is 12.2 Å². The molecule has 1 saturated heterocycles. The number of carbonyl (C=O) groups excluding carboxylic acids is 1. The maximum Gasteiger partial charge on any atom is 0.224 e. The molecule has 1 amide bonds. The van der Waals surface area contributed by atoms with Crippen LogP contribution >= 0.6 is 0 Å². The highest BCUT2D eigenvalue weighted by atomic mass is 32.2. The molecule has 0 bridgehead atoms. The van der Waals surface area contributed by atoms with Crippen molar-refractivity contribution in [3.8, 4) is 0 Å². The SMILES string of the molecule is C[C@H](CN(C1CCCCC1)S(=O)(=O)Cc1ccccc1)N1CCC(NC(=O)Cc2ccc(F)cc2)CC1. The summed E-state index contributed by atoms with van der Waals surface area (Å²) in [6, 6.07) is 15.8. The van der Waals surface area contributed by atoms with E-state index in [1.54, 1.807) is 16.4 Å². The number of rotatable bonds is 10. The van der Waals surface area contributed by atoms with Crippen molar-refractivity contribution in [1.82, 2.24) is 14.5 Å². The average Bonchev–Trinajstić information content (AvgIpc) is 2.89. The lowest BCUT2D eigenvalue weighted by atomic mass is 9.95. The number of nitrogens with zero attached hydrogens (tertiary/aromatic N) is 2. The van der Waals surface area contributed by atoms with E-state index in [9.17, 15) is 17.6 Å². The van der Waals surface area contributed by atoms with Gasteiger partial charge in [-0.15, -0.1) is 0 Å². The molecule has 1 heterocycles. The van der Waals surface area contributed by atoms with Crippen molar-refractivity contribution in [3.63, 3.8) is 0 Å². The molecular formula is C29H40FN3O3S. The maximum atomic E-state index is 13.6. The number of sulfonamides is 1. The molecule has 1 atom stereocenters. The summed E-state index contributed by atoms with van der Waals surface area (Å²) < 4.78 is 42.1. The highest BCUT2D eigenvalue weighted by Crippen LogP contribution is 2.27. The Kier molecular flexibility index (Phi) is 9.73. The Bertz CT molecular complexity index is 1100. The monoisotopic (exact) mass is 529 g/mol. The van der Waals surface area contributed by atoms with E-state index in [4.69, 9.17) is 0 Å². The summed E-state index contributed by atoms with van der Waals surface area (Å²) in [5.41, 5.74) is 1.62. The van der Waals surface area contributed by atoms with Crippen molar-refractivity contribution < 1.29 is 17.6 Å². The summed E-state index contributed by atoms with van der Waals surface area (Å²) in [7, 11) is -3.44. The fourth-order valence-corrected chi connectivity index (χ4v) is 7.54. The molecule has 2 fully saturated rings. The zero-order valence-electron chi connectivity index (χ0n) is 21.8. The Morgan fingerprint density at radius 3 is 2.27 bits per heavy atom. The molecule has 0 radical (unpaired) electrons. The largest absolute Gasteiger partial charge is 0.353 e. The van der Waals surface area contributed by atoms with E-state index in [0.717, 1.165) is 62.7 Å². The van der Waals surface area contributed by atoms with E-state index < -0.39 is 10.0 Å². The van der Waals surface area contributed by atoms with Gasteiger partial charge in [0.15, 0.2) is 0 Å². The lowest BCUT2D eigenvalue weighted by Crippen LogP contribution is -2.53. The van der Waals surface area contributed by atoms with Gasteiger partial charge in [0.25, 0.3) is 0 Å². The van der Waals surface area contributed by atoms with Crippen LogP contribution in [0.15, 0.2) is 54.6 Å². The molecule has 8 heteroatoms. The lowest BCUT2D eigenvalue weighted by Gasteiger charge is -2.40. The number of likely N-dealkylation sites (tertiary alicyclic amines) is 1. The van der Waals surface area contributed by atoms with Crippen LogP contribution in [0.4, 0.5) is 4.39 Å². The smallest absolute Gasteiger partial charge is 0.224 e. The average molecular weight is 530 g/mol. The van der Waals surface area contributed by atoms with Gasteiger partial charge >= 0.3 is 0 Å². The van der Waals surface area contributed by atoms with Crippen molar-refractivity contribution in [2.75, 3.05) is 19.6 Å². The molecule has 1 saturated carbocycles. The van der Waals surface area contributed by atoms with Crippen molar-refractivity contribution in [2.24, 2.45) is 0 Å². The van der Waals surface area contributed by atoms with Crippen molar-refractivity contribution in [3.05, 3.63) is 71.5 Å². The molecule has 202 valence electrons. The molecule has 4 rings (SSSR count).